The summed E-state index contributed by atoms with van der Waals surface area (Å²) in [5.74, 6) is 0.0289. The molecule has 0 saturated carbocycles. The molecule has 2 aromatic rings. The van der Waals surface area contributed by atoms with E-state index in [4.69, 9.17) is 16.3 Å². The van der Waals surface area contributed by atoms with E-state index >= 15 is 0 Å². The van der Waals surface area contributed by atoms with Crippen molar-refractivity contribution in [2.75, 3.05) is 13.6 Å². The predicted molar refractivity (Wildman–Crippen MR) is 124 cm³/mol. The van der Waals surface area contributed by atoms with Crippen LogP contribution in [-0.2, 0) is 21.4 Å². The maximum atomic E-state index is 13.3. The van der Waals surface area contributed by atoms with Crippen LogP contribution < -0.4 is 10.1 Å². The minimum atomic E-state index is -0.841. The third-order valence-electron chi connectivity index (χ3n) is 7.82. The summed E-state index contributed by atoms with van der Waals surface area (Å²) in [4.78, 5) is 28.6. The van der Waals surface area contributed by atoms with Crippen LogP contribution in [0.3, 0.4) is 0 Å². The second-order valence-electron chi connectivity index (χ2n) is 9.35. The second-order valence-corrected chi connectivity index (χ2v) is 9.78. The standard InChI is InChI=1S/C26H23ClN2O4/c1-29-13-12-25-22-16-5-8-18(30)23(22)33-24(25)19(31)10-11-26(25,20(29)14-16)28-21(32)9-4-15-2-6-17(27)7-3-15/h2-11,20,24,30H,12-14H2,1H3,(H,28,32)/b9-4+/t20-,24+,25+,26-/m1/s1. The van der Waals surface area contributed by atoms with E-state index in [1.807, 2.05) is 24.3 Å². The molecule has 2 heterocycles. The quantitative estimate of drug-likeness (QED) is 0.685. The first-order chi connectivity index (χ1) is 15.9. The molecule has 2 aromatic carbocycles. The molecule has 0 unspecified atom stereocenters. The van der Waals surface area contributed by atoms with Crippen molar-refractivity contribution in [1.82, 2.24) is 10.2 Å². The summed E-state index contributed by atoms with van der Waals surface area (Å²) in [6, 6.07) is 10.7. The number of carbonyl (C=O) groups is 2. The lowest BCUT2D eigenvalue weighted by Crippen LogP contribution is -2.80. The number of phenolic OH excluding ortho intramolecular Hbond substituents is 1. The van der Waals surface area contributed by atoms with Gasteiger partial charge in [-0.3, -0.25) is 9.59 Å². The number of hydrogen-bond acceptors (Lipinski definition) is 5. The van der Waals surface area contributed by atoms with Crippen molar-refractivity contribution in [3.05, 3.63) is 76.3 Å². The zero-order valence-electron chi connectivity index (χ0n) is 18.0. The summed E-state index contributed by atoms with van der Waals surface area (Å²) < 4.78 is 6.15. The number of aromatic hydroxyl groups is 1. The molecule has 4 atom stereocenters. The van der Waals surface area contributed by atoms with E-state index in [9.17, 15) is 14.7 Å². The summed E-state index contributed by atoms with van der Waals surface area (Å²) >= 11 is 5.96. The van der Waals surface area contributed by atoms with Gasteiger partial charge >= 0.3 is 0 Å². The average Bonchev–Trinajstić information content (AvgIpc) is 3.16. The van der Waals surface area contributed by atoms with Crippen LogP contribution in [0.2, 0.25) is 5.02 Å². The van der Waals surface area contributed by atoms with E-state index in [1.165, 1.54) is 12.2 Å². The predicted octanol–water partition coefficient (Wildman–Crippen LogP) is 3.01. The molecular formula is C26H23ClN2O4. The van der Waals surface area contributed by atoms with Gasteiger partial charge in [-0.2, -0.15) is 0 Å². The third-order valence-corrected chi connectivity index (χ3v) is 8.07. The van der Waals surface area contributed by atoms with Gasteiger partial charge in [0.25, 0.3) is 0 Å². The Morgan fingerprint density at radius 3 is 2.85 bits per heavy atom. The largest absolute Gasteiger partial charge is 0.504 e. The monoisotopic (exact) mass is 462 g/mol. The minimum absolute atomic E-state index is 0.0329. The SMILES string of the molecule is CN1CC[C@]23c4c5ccc(O)c4O[C@H]2C(=O)C=C[C@@]3(NC(=O)/C=C/c2ccc(Cl)cc2)[C@H]1C5. The summed E-state index contributed by atoms with van der Waals surface area (Å²) in [5.41, 5.74) is 1.19. The van der Waals surface area contributed by atoms with Gasteiger partial charge in [-0.05, 0) is 67.9 Å². The molecule has 4 aliphatic rings. The Balaban J connectivity index is 1.47. The summed E-state index contributed by atoms with van der Waals surface area (Å²) in [5, 5.41) is 14.5. The first kappa shape index (κ1) is 20.5. The van der Waals surface area contributed by atoms with Crippen LogP contribution in [-0.4, -0.2) is 53.0 Å². The maximum absolute atomic E-state index is 13.3. The number of rotatable bonds is 3. The Labute approximate surface area is 196 Å². The molecule has 7 heteroatoms. The lowest BCUT2D eigenvalue weighted by atomic mass is 9.49. The van der Waals surface area contributed by atoms with E-state index in [1.54, 1.807) is 24.3 Å². The molecule has 168 valence electrons. The Hall–Kier alpha value is -3.09. The van der Waals surface area contributed by atoms with E-state index in [-0.39, 0.29) is 23.5 Å². The van der Waals surface area contributed by atoms with Crippen LogP contribution >= 0.6 is 11.6 Å². The second kappa shape index (κ2) is 6.95. The summed E-state index contributed by atoms with van der Waals surface area (Å²) in [6.07, 6.45) is 7.19. The van der Waals surface area contributed by atoms with E-state index in [0.29, 0.717) is 23.6 Å². The number of phenols is 1. The number of ketones is 1. The number of piperidine rings is 1. The zero-order valence-corrected chi connectivity index (χ0v) is 18.8. The Kier molecular flexibility index (Phi) is 4.32. The van der Waals surface area contributed by atoms with Crippen LogP contribution in [0.1, 0.15) is 23.1 Å². The number of carbonyl (C=O) groups excluding carboxylic acids is 2. The Morgan fingerprint density at radius 2 is 2.06 bits per heavy atom. The maximum Gasteiger partial charge on any atom is 0.244 e. The molecule has 6 nitrogen and oxygen atoms in total. The van der Waals surface area contributed by atoms with Crippen LogP contribution in [0.4, 0.5) is 0 Å². The first-order valence-corrected chi connectivity index (χ1v) is 11.4. The van der Waals surface area contributed by atoms with Gasteiger partial charge in [0.15, 0.2) is 23.4 Å². The minimum Gasteiger partial charge on any atom is -0.504 e. The molecule has 1 amide bonds. The molecule has 33 heavy (non-hydrogen) atoms. The van der Waals surface area contributed by atoms with Crippen LogP contribution in [0.15, 0.2) is 54.6 Å². The lowest BCUT2D eigenvalue weighted by molar-refractivity contribution is -0.134. The molecule has 2 aliphatic heterocycles. The normalized spacial score (nSPS) is 31.4. The highest BCUT2D eigenvalue weighted by Gasteiger charge is 2.72. The van der Waals surface area contributed by atoms with Gasteiger partial charge in [0.1, 0.15) is 0 Å². The molecule has 1 spiro atoms. The van der Waals surface area contributed by atoms with Crippen LogP contribution in [0.25, 0.3) is 6.08 Å². The summed E-state index contributed by atoms with van der Waals surface area (Å²) in [7, 11) is 2.05. The highest BCUT2D eigenvalue weighted by molar-refractivity contribution is 6.30. The molecule has 2 N–H and O–H groups in total. The lowest BCUT2D eigenvalue weighted by Gasteiger charge is -2.62. The molecule has 1 saturated heterocycles. The van der Waals surface area contributed by atoms with Gasteiger partial charge in [-0.15, -0.1) is 0 Å². The van der Waals surface area contributed by atoms with Crippen molar-refractivity contribution in [3.8, 4) is 11.5 Å². The highest BCUT2D eigenvalue weighted by Crippen LogP contribution is 2.63. The van der Waals surface area contributed by atoms with Crippen molar-refractivity contribution in [3.63, 3.8) is 0 Å². The zero-order chi connectivity index (χ0) is 23.0. The number of ether oxygens (including phenoxy) is 1. The highest BCUT2D eigenvalue weighted by atomic mass is 35.5. The average molecular weight is 463 g/mol. The van der Waals surface area contributed by atoms with E-state index in [0.717, 1.165) is 23.2 Å². The van der Waals surface area contributed by atoms with Crippen molar-refractivity contribution >= 4 is 29.4 Å². The topological polar surface area (TPSA) is 78.9 Å². The molecule has 2 aliphatic carbocycles. The van der Waals surface area contributed by atoms with Gasteiger partial charge in [-0.1, -0.05) is 35.9 Å². The number of amides is 1. The number of likely N-dealkylation sites (N-methyl/N-ethyl adjacent to an activating group) is 1. The Morgan fingerprint density at radius 1 is 1.27 bits per heavy atom. The van der Waals surface area contributed by atoms with Crippen molar-refractivity contribution in [1.29, 1.82) is 0 Å². The number of halogens is 1. The van der Waals surface area contributed by atoms with Crippen LogP contribution in [0.5, 0.6) is 11.5 Å². The fraction of sp³-hybridized carbons (Fsp3) is 0.308. The molecule has 2 bridgehead atoms. The van der Waals surface area contributed by atoms with Gasteiger partial charge in [0, 0.05) is 22.7 Å². The van der Waals surface area contributed by atoms with Crippen LogP contribution in [0, 0.1) is 0 Å². The van der Waals surface area contributed by atoms with E-state index < -0.39 is 17.1 Å². The molecule has 1 fully saturated rings. The Bertz CT molecular complexity index is 1250. The smallest absolute Gasteiger partial charge is 0.244 e. The molecule has 6 rings (SSSR count). The van der Waals surface area contributed by atoms with Gasteiger partial charge in [0.2, 0.25) is 5.91 Å². The van der Waals surface area contributed by atoms with Crippen molar-refractivity contribution in [2.24, 2.45) is 0 Å². The number of nitrogens with one attached hydrogen (secondary N) is 1. The number of likely N-dealkylation sites (tertiary alicyclic amines) is 1. The van der Waals surface area contributed by atoms with Gasteiger partial charge in [-0.25, -0.2) is 0 Å². The van der Waals surface area contributed by atoms with E-state index in [2.05, 4.69) is 17.3 Å². The molecule has 0 radical (unpaired) electrons. The number of nitrogens with zero attached hydrogens (tertiary/aromatic N) is 1. The molecular weight excluding hydrogens is 440 g/mol. The van der Waals surface area contributed by atoms with Gasteiger partial charge in [0.05, 0.1) is 11.0 Å². The number of hydrogen-bond donors (Lipinski definition) is 2. The summed E-state index contributed by atoms with van der Waals surface area (Å²) in [6.45, 7) is 0.762. The number of benzene rings is 2. The third kappa shape index (κ3) is 2.65. The fourth-order valence-corrected chi connectivity index (χ4v) is 6.52. The van der Waals surface area contributed by atoms with Gasteiger partial charge < -0.3 is 20.1 Å². The van der Waals surface area contributed by atoms with Crippen molar-refractivity contribution in [2.45, 2.75) is 35.9 Å². The fourth-order valence-electron chi connectivity index (χ4n) is 6.40. The first-order valence-electron chi connectivity index (χ1n) is 11.1. The molecule has 0 aromatic heterocycles. The van der Waals surface area contributed by atoms with Crippen molar-refractivity contribution < 1.29 is 19.4 Å².